The van der Waals surface area contributed by atoms with E-state index < -0.39 is 17.2 Å². The second kappa shape index (κ2) is 6.24. The summed E-state index contributed by atoms with van der Waals surface area (Å²) in [6, 6.07) is 5.29. The number of hydrogen-bond donors (Lipinski definition) is 2. The number of hydrogen-bond acceptors (Lipinski definition) is 8. The molecule has 3 rings (SSSR count). The number of amides is 1. The number of benzene rings is 1. The van der Waals surface area contributed by atoms with E-state index in [1.54, 1.807) is 0 Å². The SMILES string of the molecule is Cc1nc(C)c(C2=NN[C@H](NC(=O)c3ccc([N+](=O)[O-])cc3)O2)s1. The normalized spacial score (nSPS) is 16.1. The number of ether oxygens (including phenoxy) is 1. The summed E-state index contributed by atoms with van der Waals surface area (Å²) in [4.78, 5) is 27.3. The van der Waals surface area contributed by atoms with Crippen LogP contribution < -0.4 is 10.7 Å². The van der Waals surface area contributed by atoms with Crippen LogP contribution in [0.3, 0.4) is 0 Å². The van der Waals surface area contributed by atoms with Crippen molar-refractivity contribution in [2.45, 2.75) is 20.2 Å². The van der Waals surface area contributed by atoms with E-state index in [4.69, 9.17) is 4.74 Å². The minimum atomic E-state index is -0.815. The van der Waals surface area contributed by atoms with Gasteiger partial charge >= 0.3 is 0 Å². The number of nitrogens with zero attached hydrogens (tertiary/aromatic N) is 3. The van der Waals surface area contributed by atoms with Crippen molar-refractivity contribution in [1.29, 1.82) is 0 Å². The predicted molar refractivity (Wildman–Crippen MR) is 86.7 cm³/mol. The third kappa shape index (κ3) is 3.18. The number of carbonyl (C=O) groups is 1. The van der Waals surface area contributed by atoms with Crippen LogP contribution in [0, 0.1) is 24.0 Å². The first kappa shape index (κ1) is 15.9. The number of aryl methyl sites for hydroxylation is 2. The average Bonchev–Trinajstić information content (AvgIpc) is 3.13. The highest BCUT2D eigenvalue weighted by Crippen LogP contribution is 2.20. The summed E-state index contributed by atoms with van der Waals surface area (Å²) in [5, 5.41) is 18.2. The molecule has 0 spiro atoms. The fourth-order valence-electron chi connectivity index (χ4n) is 2.11. The molecule has 0 bridgehead atoms. The first-order chi connectivity index (χ1) is 11.4. The van der Waals surface area contributed by atoms with Crippen LogP contribution >= 0.6 is 11.3 Å². The lowest BCUT2D eigenvalue weighted by Crippen LogP contribution is -2.42. The van der Waals surface area contributed by atoms with Crippen molar-refractivity contribution in [3.05, 3.63) is 55.5 Å². The van der Waals surface area contributed by atoms with Crippen molar-refractivity contribution >= 4 is 28.8 Å². The number of nitrogens with one attached hydrogen (secondary N) is 2. The molecule has 10 heteroatoms. The van der Waals surface area contributed by atoms with Crippen LogP contribution in [0.15, 0.2) is 29.4 Å². The minimum absolute atomic E-state index is 0.0801. The Labute approximate surface area is 140 Å². The summed E-state index contributed by atoms with van der Waals surface area (Å²) in [5.74, 6) is -0.0665. The predicted octanol–water partition coefficient (Wildman–Crippen LogP) is 1.66. The summed E-state index contributed by atoms with van der Waals surface area (Å²) in [6.07, 6.45) is -0.815. The molecule has 2 N–H and O–H groups in total. The molecule has 1 atom stereocenters. The number of non-ortho nitro benzene ring substituents is 1. The zero-order valence-corrected chi connectivity index (χ0v) is 13.6. The molecule has 1 amide bonds. The van der Waals surface area contributed by atoms with Crippen LogP contribution in [0.5, 0.6) is 0 Å². The molecule has 1 aromatic carbocycles. The Balaban J connectivity index is 1.62. The Bertz CT molecular complexity index is 830. The van der Waals surface area contributed by atoms with Gasteiger partial charge in [0.05, 0.1) is 15.6 Å². The Morgan fingerprint density at radius 2 is 2.08 bits per heavy atom. The number of aromatic nitrogens is 1. The summed E-state index contributed by atoms with van der Waals surface area (Å²) >= 11 is 1.45. The monoisotopic (exact) mass is 347 g/mol. The van der Waals surface area contributed by atoms with Gasteiger partial charge in [-0.15, -0.1) is 16.4 Å². The maximum atomic E-state index is 12.1. The first-order valence-corrected chi connectivity index (χ1v) is 7.75. The lowest BCUT2D eigenvalue weighted by Gasteiger charge is -2.12. The Kier molecular flexibility index (Phi) is 4.13. The minimum Gasteiger partial charge on any atom is -0.431 e. The molecule has 1 aliphatic rings. The molecule has 0 saturated carbocycles. The van der Waals surface area contributed by atoms with E-state index in [1.165, 1.54) is 35.6 Å². The van der Waals surface area contributed by atoms with E-state index >= 15 is 0 Å². The van der Waals surface area contributed by atoms with Gasteiger partial charge in [-0.1, -0.05) is 0 Å². The second-order valence-corrected chi connectivity index (χ2v) is 6.17. The lowest BCUT2D eigenvalue weighted by atomic mass is 10.2. The van der Waals surface area contributed by atoms with Crippen molar-refractivity contribution in [2.75, 3.05) is 0 Å². The second-order valence-electron chi connectivity index (χ2n) is 4.97. The van der Waals surface area contributed by atoms with Crippen LogP contribution in [0.25, 0.3) is 0 Å². The summed E-state index contributed by atoms with van der Waals surface area (Å²) in [7, 11) is 0. The number of thiazole rings is 1. The van der Waals surface area contributed by atoms with Crippen LogP contribution in [0.4, 0.5) is 5.69 Å². The van der Waals surface area contributed by atoms with Crippen molar-refractivity contribution in [2.24, 2.45) is 5.10 Å². The number of nitro benzene ring substituents is 1. The van der Waals surface area contributed by atoms with Crippen molar-refractivity contribution < 1.29 is 14.5 Å². The van der Waals surface area contributed by atoms with Gasteiger partial charge in [-0.05, 0) is 26.0 Å². The highest BCUT2D eigenvalue weighted by molar-refractivity contribution is 7.13. The van der Waals surface area contributed by atoms with Gasteiger partial charge < -0.3 is 4.74 Å². The quantitative estimate of drug-likeness (QED) is 0.641. The molecule has 0 unspecified atom stereocenters. The van der Waals surface area contributed by atoms with Gasteiger partial charge in [-0.2, -0.15) is 0 Å². The van der Waals surface area contributed by atoms with E-state index in [-0.39, 0.29) is 11.3 Å². The Morgan fingerprint density at radius 1 is 1.38 bits per heavy atom. The molecule has 1 aromatic heterocycles. The van der Waals surface area contributed by atoms with Crippen LogP contribution in [-0.4, -0.2) is 28.1 Å². The van der Waals surface area contributed by atoms with Crippen LogP contribution in [0.1, 0.15) is 25.9 Å². The Hall–Kier alpha value is -3.01. The molecule has 0 fully saturated rings. The van der Waals surface area contributed by atoms with E-state index in [0.717, 1.165) is 15.6 Å². The van der Waals surface area contributed by atoms with Gasteiger partial charge in [-0.25, -0.2) is 4.98 Å². The molecule has 9 nitrogen and oxygen atoms in total. The molecule has 24 heavy (non-hydrogen) atoms. The summed E-state index contributed by atoms with van der Waals surface area (Å²) in [6.45, 7) is 3.74. The van der Waals surface area contributed by atoms with Crippen LogP contribution in [-0.2, 0) is 4.74 Å². The standard InChI is InChI=1S/C14H13N5O4S/c1-7-11(24-8(2)15-7)13-17-18-14(23-13)16-12(20)9-3-5-10(6-4-9)19(21)22/h3-6,14,18H,1-2H3,(H,16,20)/t14-/m0/s1. The summed E-state index contributed by atoms with van der Waals surface area (Å²) in [5.41, 5.74) is 3.68. The van der Waals surface area contributed by atoms with Crippen LogP contribution in [0.2, 0.25) is 0 Å². The van der Waals surface area contributed by atoms with Gasteiger partial charge in [0.2, 0.25) is 0 Å². The maximum Gasteiger partial charge on any atom is 0.269 e. The molecule has 2 aromatic rings. The molecular formula is C14H13N5O4S. The third-order valence-electron chi connectivity index (χ3n) is 3.21. The average molecular weight is 347 g/mol. The molecule has 2 heterocycles. The molecule has 0 saturated heterocycles. The molecule has 1 aliphatic heterocycles. The smallest absolute Gasteiger partial charge is 0.269 e. The zero-order chi connectivity index (χ0) is 17.3. The number of carbonyl (C=O) groups excluding carboxylic acids is 1. The molecule has 0 radical (unpaired) electrons. The topological polar surface area (TPSA) is 119 Å². The lowest BCUT2D eigenvalue weighted by molar-refractivity contribution is -0.384. The van der Waals surface area contributed by atoms with E-state index in [9.17, 15) is 14.9 Å². The Morgan fingerprint density at radius 3 is 2.67 bits per heavy atom. The largest absolute Gasteiger partial charge is 0.431 e. The molecule has 0 aliphatic carbocycles. The van der Waals surface area contributed by atoms with Crippen molar-refractivity contribution in [1.82, 2.24) is 15.7 Å². The maximum absolute atomic E-state index is 12.1. The number of rotatable bonds is 4. The van der Waals surface area contributed by atoms with Gasteiger partial charge in [0.25, 0.3) is 23.8 Å². The van der Waals surface area contributed by atoms with Crippen molar-refractivity contribution in [3.8, 4) is 0 Å². The van der Waals surface area contributed by atoms with E-state index in [2.05, 4.69) is 20.8 Å². The van der Waals surface area contributed by atoms with Gasteiger partial charge in [0.15, 0.2) is 0 Å². The number of nitro groups is 1. The fourth-order valence-corrected chi connectivity index (χ4v) is 2.97. The highest BCUT2D eigenvalue weighted by atomic mass is 32.1. The first-order valence-electron chi connectivity index (χ1n) is 6.93. The highest BCUT2D eigenvalue weighted by Gasteiger charge is 2.25. The molecule has 124 valence electrons. The third-order valence-corrected chi connectivity index (χ3v) is 4.27. The van der Waals surface area contributed by atoms with E-state index in [0.29, 0.717) is 5.90 Å². The van der Waals surface area contributed by atoms with Gasteiger partial charge in [-0.3, -0.25) is 25.7 Å². The fraction of sp³-hybridized carbons (Fsp3) is 0.214. The zero-order valence-electron chi connectivity index (χ0n) is 12.8. The summed E-state index contributed by atoms with van der Waals surface area (Å²) < 4.78 is 5.56. The van der Waals surface area contributed by atoms with E-state index in [1.807, 2.05) is 13.8 Å². The van der Waals surface area contributed by atoms with Gasteiger partial charge in [0, 0.05) is 17.7 Å². The van der Waals surface area contributed by atoms with Gasteiger partial charge in [0.1, 0.15) is 4.88 Å². The molecular weight excluding hydrogens is 334 g/mol. The number of hydrazone groups is 1. The van der Waals surface area contributed by atoms with Crippen molar-refractivity contribution in [3.63, 3.8) is 0 Å².